The Morgan fingerprint density at radius 2 is 2.19 bits per heavy atom. The Labute approximate surface area is 128 Å². The quantitative estimate of drug-likeness (QED) is 0.893. The molecule has 1 heterocycles. The zero-order valence-corrected chi connectivity index (χ0v) is 12.9. The number of amides is 2. The van der Waals surface area contributed by atoms with Gasteiger partial charge in [-0.1, -0.05) is 24.3 Å². The fraction of sp³-hybridized carbons (Fsp3) is 0.467. The molecule has 1 aromatic rings. The molecule has 2 amide bonds. The molecular weight excluding hydrogens is 288 g/mol. The van der Waals surface area contributed by atoms with Crippen molar-refractivity contribution in [2.24, 2.45) is 0 Å². The van der Waals surface area contributed by atoms with Crippen molar-refractivity contribution in [3.8, 4) is 0 Å². The molecule has 5 nitrogen and oxygen atoms in total. The first-order valence-electron chi connectivity index (χ1n) is 6.96. The Morgan fingerprint density at radius 1 is 1.43 bits per heavy atom. The first-order chi connectivity index (χ1) is 10.1. The number of nitrogens with zero attached hydrogens (tertiary/aromatic N) is 1. The highest BCUT2D eigenvalue weighted by Crippen LogP contribution is 2.19. The van der Waals surface area contributed by atoms with E-state index >= 15 is 0 Å². The van der Waals surface area contributed by atoms with Gasteiger partial charge in [0.15, 0.2) is 0 Å². The number of carbonyl (C=O) groups is 2. The fourth-order valence-corrected chi connectivity index (χ4v) is 3.44. The molecule has 0 spiro atoms. The second kappa shape index (κ2) is 7.36. The van der Waals surface area contributed by atoms with Crippen molar-refractivity contribution in [2.75, 3.05) is 18.1 Å². The second-order valence-electron chi connectivity index (χ2n) is 5.11. The Bertz CT molecular complexity index is 521. The molecule has 0 aromatic heterocycles. The van der Waals surface area contributed by atoms with Crippen LogP contribution in [0.4, 0.5) is 4.79 Å². The molecule has 1 saturated heterocycles. The highest BCUT2D eigenvalue weighted by Gasteiger charge is 2.28. The molecule has 0 aliphatic carbocycles. The molecule has 0 radical (unpaired) electrons. The van der Waals surface area contributed by atoms with E-state index in [0.717, 1.165) is 16.9 Å². The number of hydrogen-bond acceptors (Lipinski definition) is 3. The van der Waals surface area contributed by atoms with Crippen LogP contribution >= 0.6 is 11.8 Å². The minimum atomic E-state index is -0.862. The van der Waals surface area contributed by atoms with Gasteiger partial charge < -0.3 is 15.3 Å². The van der Waals surface area contributed by atoms with Crippen molar-refractivity contribution in [2.45, 2.75) is 25.9 Å². The topological polar surface area (TPSA) is 69.6 Å². The van der Waals surface area contributed by atoms with Crippen LogP contribution < -0.4 is 5.32 Å². The highest BCUT2D eigenvalue weighted by molar-refractivity contribution is 7.99. The number of carbonyl (C=O) groups excluding carboxylic acids is 1. The first kappa shape index (κ1) is 15.7. The van der Waals surface area contributed by atoms with Crippen LogP contribution in [0.15, 0.2) is 24.3 Å². The van der Waals surface area contributed by atoms with E-state index in [4.69, 9.17) is 5.11 Å². The average Bonchev–Trinajstić information content (AvgIpc) is 2.46. The number of thioether (sulfide) groups is 1. The molecule has 1 fully saturated rings. The highest BCUT2D eigenvalue weighted by atomic mass is 32.2. The first-order valence-corrected chi connectivity index (χ1v) is 8.12. The summed E-state index contributed by atoms with van der Waals surface area (Å²) in [7, 11) is 0. The van der Waals surface area contributed by atoms with Crippen molar-refractivity contribution in [1.82, 2.24) is 10.2 Å². The van der Waals surface area contributed by atoms with E-state index in [0.29, 0.717) is 18.8 Å². The van der Waals surface area contributed by atoms with Crippen molar-refractivity contribution < 1.29 is 14.7 Å². The van der Waals surface area contributed by atoms with Crippen LogP contribution in [0.1, 0.15) is 17.5 Å². The normalized spacial score (nSPS) is 18.3. The summed E-state index contributed by atoms with van der Waals surface area (Å²) in [4.78, 5) is 24.8. The van der Waals surface area contributed by atoms with Crippen LogP contribution in [0.3, 0.4) is 0 Å². The standard InChI is InChI=1S/C15H20N2O3S/c1-11-4-2-3-5-12(11)9-16-15(20)17-6-7-21-10-13(17)8-14(18)19/h2-5,13H,6-10H2,1H3,(H,16,20)(H,18,19). The van der Waals surface area contributed by atoms with Gasteiger partial charge in [-0.2, -0.15) is 11.8 Å². The largest absolute Gasteiger partial charge is 0.481 e. The van der Waals surface area contributed by atoms with E-state index in [1.54, 1.807) is 16.7 Å². The van der Waals surface area contributed by atoms with Crippen molar-refractivity contribution in [3.05, 3.63) is 35.4 Å². The number of benzene rings is 1. The van der Waals surface area contributed by atoms with Gasteiger partial charge in [-0.05, 0) is 18.1 Å². The third-order valence-electron chi connectivity index (χ3n) is 3.59. The number of carboxylic acid groups (broad SMARTS) is 1. The number of carboxylic acids is 1. The van der Waals surface area contributed by atoms with E-state index in [1.165, 1.54) is 0 Å². The lowest BCUT2D eigenvalue weighted by atomic mass is 10.1. The Hall–Kier alpha value is -1.69. The maximum Gasteiger partial charge on any atom is 0.317 e. The Balaban J connectivity index is 1.94. The minimum absolute atomic E-state index is 0.00475. The van der Waals surface area contributed by atoms with Crippen molar-refractivity contribution in [1.29, 1.82) is 0 Å². The number of nitrogens with one attached hydrogen (secondary N) is 1. The number of aryl methyl sites for hydroxylation is 1. The third-order valence-corrected chi connectivity index (χ3v) is 4.68. The van der Waals surface area contributed by atoms with Gasteiger partial charge in [0.1, 0.15) is 0 Å². The number of rotatable bonds is 4. The smallest absolute Gasteiger partial charge is 0.317 e. The van der Waals surface area contributed by atoms with Crippen molar-refractivity contribution in [3.63, 3.8) is 0 Å². The van der Waals surface area contributed by atoms with E-state index in [1.807, 2.05) is 31.2 Å². The van der Waals surface area contributed by atoms with E-state index in [2.05, 4.69) is 5.32 Å². The van der Waals surface area contributed by atoms with Crippen LogP contribution in [0, 0.1) is 6.92 Å². The molecule has 114 valence electrons. The lowest BCUT2D eigenvalue weighted by Crippen LogP contribution is -2.51. The van der Waals surface area contributed by atoms with Gasteiger partial charge >= 0.3 is 12.0 Å². The molecule has 1 aromatic carbocycles. The minimum Gasteiger partial charge on any atom is -0.481 e. The SMILES string of the molecule is Cc1ccccc1CNC(=O)N1CCSCC1CC(=O)O. The third kappa shape index (κ3) is 4.39. The van der Waals surface area contributed by atoms with Crippen LogP contribution in [0.2, 0.25) is 0 Å². The average molecular weight is 308 g/mol. The zero-order valence-electron chi connectivity index (χ0n) is 12.0. The van der Waals surface area contributed by atoms with Gasteiger partial charge in [-0.15, -0.1) is 0 Å². The summed E-state index contributed by atoms with van der Waals surface area (Å²) in [6, 6.07) is 7.50. The molecule has 1 atom stereocenters. The lowest BCUT2D eigenvalue weighted by Gasteiger charge is -2.34. The van der Waals surface area contributed by atoms with E-state index in [9.17, 15) is 9.59 Å². The predicted molar refractivity (Wildman–Crippen MR) is 83.5 cm³/mol. The van der Waals surface area contributed by atoms with Gasteiger partial charge in [0, 0.05) is 24.6 Å². The molecular formula is C15H20N2O3S. The summed E-state index contributed by atoms with van der Waals surface area (Å²) in [6.07, 6.45) is 0.00475. The summed E-state index contributed by atoms with van der Waals surface area (Å²) in [5.74, 6) is 0.678. The molecule has 1 unspecified atom stereocenters. The Morgan fingerprint density at radius 3 is 2.90 bits per heavy atom. The predicted octanol–water partition coefficient (Wildman–Crippen LogP) is 2.10. The van der Waals surface area contributed by atoms with Crippen LogP contribution in [0.25, 0.3) is 0 Å². The lowest BCUT2D eigenvalue weighted by molar-refractivity contribution is -0.137. The number of urea groups is 1. The maximum atomic E-state index is 12.3. The van der Waals surface area contributed by atoms with E-state index < -0.39 is 5.97 Å². The van der Waals surface area contributed by atoms with E-state index in [-0.39, 0.29) is 18.5 Å². The van der Waals surface area contributed by atoms with Crippen LogP contribution in [0.5, 0.6) is 0 Å². The molecule has 2 rings (SSSR count). The summed E-state index contributed by atoms with van der Waals surface area (Å²) in [5, 5.41) is 11.8. The van der Waals surface area contributed by atoms with Gasteiger partial charge in [-0.3, -0.25) is 4.79 Å². The molecule has 1 aliphatic rings. The molecule has 0 saturated carbocycles. The fourth-order valence-electron chi connectivity index (χ4n) is 2.37. The molecule has 1 aliphatic heterocycles. The summed E-state index contributed by atoms with van der Waals surface area (Å²) in [5.41, 5.74) is 2.21. The van der Waals surface area contributed by atoms with Crippen LogP contribution in [-0.2, 0) is 11.3 Å². The van der Waals surface area contributed by atoms with Crippen molar-refractivity contribution >= 4 is 23.8 Å². The summed E-state index contributed by atoms with van der Waals surface area (Å²) in [6.45, 7) is 3.07. The maximum absolute atomic E-state index is 12.3. The second-order valence-corrected chi connectivity index (χ2v) is 6.26. The zero-order chi connectivity index (χ0) is 15.2. The summed E-state index contributed by atoms with van der Waals surface area (Å²) < 4.78 is 0. The monoisotopic (exact) mass is 308 g/mol. The van der Waals surface area contributed by atoms with Gasteiger partial charge in [0.25, 0.3) is 0 Å². The van der Waals surface area contributed by atoms with Gasteiger partial charge in [-0.25, -0.2) is 4.79 Å². The molecule has 21 heavy (non-hydrogen) atoms. The Kier molecular flexibility index (Phi) is 5.50. The van der Waals surface area contributed by atoms with Gasteiger partial charge in [0.05, 0.1) is 12.5 Å². The molecule has 0 bridgehead atoms. The molecule has 6 heteroatoms. The molecule has 2 N–H and O–H groups in total. The number of aliphatic carboxylic acids is 1. The summed E-state index contributed by atoms with van der Waals surface area (Å²) >= 11 is 1.70. The van der Waals surface area contributed by atoms with Gasteiger partial charge in [0.2, 0.25) is 0 Å². The van der Waals surface area contributed by atoms with Crippen LogP contribution in [-0.4, -0.2) is 46.1 Å². The number of hydrogen-bond donors (Lipinski definition) is 2.